The number of nitrogens with zero attached hydrogens (tertiary/aromatic N) is 1. The van der Waals surface area contributed by atoms with E-state index in [4.69, 9.17) is 10.2 Å². The zero-order chi connectivity index (χ0) is 13.2. The minimum Gasteiger partial charge on any atom is -0.467 e. The average Bonchev–Trinajstić information content (AvgIpc) is 2.96. The molecule has 96 valence electrons. The predicted molar refractivity (Wildman–Crippen MR) is 76.9 cm³/mol. The first-order chi connectivity index (χ1) is 9.25. The molecule has 1 aromatic carbocycles. The zero-order valence-electron chi connectivity index (χ0n) is 10.6. The van der Waals surface area contributed by atoms with Crippen molar-refractivity contribution in [3.63, 3.8) is 0 Å². The van der Waals surface area contributed by atoms with Gasteiger partial charge in [0.25, 0.3) is 0 Å². The largest absolute Gasteiger partial charge is 0.467 e. The molecule has 0 fully saturated rings. The first kappa shape index (κ1) is 11.6. The molecule has 19 heavy (non-hydrogen) atoms. The van der Waals surface area contributed by atoms with Crippen molar-refractivity contribution in [2.75, 3.05) is 11.1 Å². The van der Waals surface area contributed by atoms with E-state index in [1.807, 2.05) is 36.5 Å². The quantitative estimate of drug-likeness (QED) is 0.700. The highest BCUT2D eigenvalue weighted by Gasteiger charge is 2.10. The Hall–Kier alpha value is -2.49. The topological polar surface area (TPSA) is 64.1 Å². The van der Waals surface area contributed by atoms with Gasteiger partial charge in [-0.25, -0.2) is 0 Å². The van der Waals surface area contributed by atoms with Crippen LogP contribution in [0.1, 0.15) is 18.7 Å². The molecule has 4 nitrogen and oxygen atoms in total. The van der Waals surface area contributed by atoms with E-state index in [0.717, 1.165) is 27.9 Å². The summed E-state index contributed by atoms with van der Waals surface area (Å²) in [5, 5.41) is 5.45. The summed E-state index contributed by atoms with van der Waals surface area (Å²) in [6, 6.07) is 9.72. The van der Waals surface area contributed by atoms with Gasteiger partial charge in [0.15, 0.2) is 0 Å². The molecule has 3 rings (SSSR count). The van der Waals surface area contributed by atoms with Crippen molar-refractivity contribution in [1.29, 1.82) is 0 Å². The number of aromatic nitrogens is 1. The molecule has 0 saturated heterocycles. The molecule has 0 bridgehead atoms. The molecule has 0 saturated carbocycles. The van der Waals surface area contributed by atoms with Crippen LogP contribution in [0.4, 0.5) is 11.4 Å². The molecule has 1 unspecified atom stereocenters. The highest BCUT2D eigenvalue weighted by Crippen LogP contribution is 2.30. The number of nitrogens with one attached hydrogen (secondary N) is 1. The molecule has 0 aliphatic rings. The number of pyridine rings is 1. The number of benzene rings is 1. The number of furan rings is 1. The molecule has 3 N–H and O–H groups in total. The van der Waals surface area contributed by atoms with Gasteiger partial charge in [0.1, 0.15) is 5.76 Å². The Morgan fingerprint density at radius 2 is 2.11 bits per heavy atom. The van der Waals surface area contributed by atoms with E-state index in [0.29, 0.717) is 0 Å². The number of hydrogen-bond acceptors (Lipinski definition) is 4. The van der Waals surface area contributed by atoms with Crippen molar-refractivity contribution < 1.29 is 4.42 Å². The summed E-state index contributed by atoms with van der Waals surface area (Å²) in [5.41, 5.74) is 7.74. The Balaban J connectivity index is 2.00. The van der Waals surface area contributed by atoms with Crippen molar-refractivity contribution in [2.45, 2.75) is 13.0 Å². The predicted octanol–water partition coefficient (Wildman–Crippen LogP) is 3.58. The van der Waals surface area contributed by atoms with Crippen LogP contribution in [0.2, 0.25) is 0 Å². The van der Waals surface area contributed by atoms with Gasteiger partial charge < -0.3 is 15.5 Å². The lowest BCUT2D eigenvalue weighted by Crippen LogP contribution is -2.06. The monoisotopic (exact) mass is 253 g/mol. The second kappa shape index (κ2) is 4.65. The zero-order valence-corrected chi connectivity index (χ0v) is 10.6. The van der Waals surface area contributed by atoms with Crippen LogP contribution in [0.15, 0.2) is 53.4 Å². The van der Waals surface area contributed by atoms with E-state index in [1.54, 1.807) is 12.5 Å². The van der Waals surface area contributed by atoms with E-state index >= 15 is 0 Å². The van der Waals surface area contributed by atoms with Gasteiger partial charge in [-0.05, 0) is 37.3 Å². The third-order valence-electron chi connectivity index (χ3n) is 3.19. The minimum absolute atomic E-state index is 0.0852. The molecule has 2 heterocycles. The molecule has 3 aromatic rings. The molecular formula is C15H15N3O. The van der Waals surface area contributed by atoms with E-state index in [2.05, 4.69) is 17.2 Å². The Kier molecular flexibility index (Phi) is 2.83. The van der Waals surface area contributed by atoms with E-state index in [-0.39, 0.29) is 6.04 Å². The number of nitrogens with two attached hydrogens (primary N) is 1. The van der Waals surface area contributed by atoms with Gasteiger partial charge in [-0.1, -0.05) is 0 Å². The van der Waals surface area contributed by atoms with Gasteiger partial charge in [-0.3, -0.25) is 4.98 Å². The fraction of sp³-hybridized carbons (Fsp3) is 0.133. The highest BCUT2D eigenvalue weighted by atomic mass is 16.3. The number of rotatable bonds is 3. The van der Waals surface area contributed by atoms with Crippen molar-refractivity contribution in [2.24, 2.45) is 0 Å². The Bertz CT molecular complexity index is 692. The van der Waals surface area contributed by atoms with Crippen LogP contribution in [-0.4, -0.2) is 4.98 Å². The van der Waals surface area contributed by atoms with Crippen molar-refractivity contribution in [1.82, 2.24) is 4.98 Å². The average molecular weight is 253 g/mol. The summed E-state index contributed by atoms with van der Waals surface area (Å²) in [6.45, 7) is 2.05. The third kappa shape index (κ3) is 2.12. The highest BCUT2D eigenvalue weighted by molar-refractivity contribution is 6.00. The van der Waals surface area contributed by atoms with Crippen molar-refractivity contribution in [3.05, 3.63) is 54.7 Å². The SMILES string of the molecule is CC(Nc1ccc(N)c2ccncc12)c1ccco1. The molecule has 0 aliphatic carbocycles. The Labute approximate surface area is 111 Å². The summed E-state index contributed by atoms with van der Waals surface area (Å²) < 4.78 is 5.40. The number of nitrogen functional groups attached to an aromatic ring is 1. The van der Waals surface area contributed by atoms with Crippen LogP contribution < -0.4 is 11.1 Å². The molecule has 0 amide bonds. The first-order valence-electron chi connectivity index (χ1n) is 6.18. The maximum atomic E-state index is 5.98. The second-order valence-corrected chi connectivity index (χ2v) is 4.51. The molecule has 0 radical (unpaired) electrons. The number of anilines is 2. The van der Waals surface area contributed by atoms with Gasteiger partial charge in [0, 0.05) is 34.5 Å². The summed E-state index contributed by atoms with van der Waals surface area (Å²) in [6.07, 6.45) is 5.25. The lowest BCUT2D eigenvalue weighted by atomic mass is 10.1. The minimum atomic E-state index is 0.0852. The summed E-state index contributed by atoms with van der Waals surface area (Å²) in [5.74, 6) is 0.897. The van der Waals surface area contributed by atoms with Gasteiger partial charge >= 0.3 is 0 Å². The summed E-state index contributed by atoms with van der Waals surface area (Å²) >= 11 is 0. The van der Waals surface area contributed by atoms with Crippen molar-refractivity contribution in [3.8, 4) is 0 Å². The van der Waals surface area contributed by atoms with Crippen LogP contribution in [0, 0.1) is 0 Å². The number of fused-ring (bicyclic) bond motifs is 1. The second-order valence-electron chi connectivity index (χ2n) is 4.51. The number of hydrogen-bond donors (Lipinski definition) is 2. The Morgan fingerprint density at radius 1 is 1.21 bits per heavy atom. The lowest BCUT2D eigenvalue weighted by Gasteiger charge is -2.15. The molecule has 1 atom stereocenters. The van der Waals surface area contributed by atoms with Gasteiger partial charge in [0.05, 0.1) is 12.3 Å². The van der Waals surface area contributed by atoms with Crippen LogP contribution in [0.5, 0.6) is 0 Å². The molecule has 0 aliphatic heterocycles. The first-order valence-corrected chi connectivity index (χ1v) is 6.18. The lowest BCUT2D eigenvalue weighted by molar-refractivity contribution is 0.491. The van der Waals surface area contributed by atoms with E-state index in [9.17, 15) is 0 Å². The molecular weight excluding hydrogens is 238 g/mol. The smallest absolute Gasteiger partial charge is 0.125 e. The van der Waals surface area contributed by atoms with Gasteiger partial charge in [-0.15, -0.1) is 0 Å². The fourth-order valence-corrected chi connectivity index (χ4v) is 2.18. The van der Waals surface area contributed by atoms with Crippen LogP contribution in [0.3, 0.4) is 0 Å². The fourth-order valence-electron chi connectivity index (χ4n) is 2.18. The van der Waals surface area contributed by atoms with E-state index in [1.165, 1.54) is 0 Å². The van der Waals surface area contributed by atoms with Crippen LogP contribution in [-0.2, 0) is 0 Å². The van der Waals surface area contributed by atoms with Crippen LogP contribution >= 0.6 is 0 Å². The molecule has 2 aromatic heterocycles. The van der Waals surface area contributed by atoms with Crippen molar-refractivity contribution >= 4 is 22.1 Å². The van der Waals surface area contributed by atoms with Gasteiger partial charge in [0.2, 0.25) is 0 Å². The maximum Gasteiger partial charge on any atom is 0.125 e. The summed E-state index contributed by atoms with van der Waals surface area (Å²) in [4.78, 5) is 4.17. The Morgan fingerprint density at radius 3 is 2.89 bits per heavy atom. The van der Waals surface area contributed by atoms with Gasteiger partial charge in [-0.2, -0.15) is 0 Å². The van der Waals surface area contributed by atoms with Crippen LogP contribution in [0.25, 0.3) is 10.8 Å². The van der Waals surface area contributed by atoms with E-state index < -0.39 is 0 Å². The maximum absolute atomic E-state index is 5.98. The normalized spacial score (nSPS) is 12.5. The summed E-state index contributed by atoms with van der Waals surface area (Å²) in [7, 11) is 0. The standard InChI is InChI=1S/C15H15N3O/c1-10(15-3-2-8-19-15)18-14-5-4-13(16)11-6-7-17-9-12(11)14/h2-10,18H,16H2,1H3. The third-order valence-corrected chi connectivity index (χ3v) is 3.19. The molecule has 4 heteroatoms. The molecule has 0 spiro atoms.